The van der Waals surface area contributed by atoms with Gasteiger partial charge in [-0.1, -0.05) is 17.7 Å². The lowest BCUT2D eigenvalue weighted by atomic mass is 10.3. The van der Waals surface area contributed by atoms with E-state index in [1.54, 1.807) is 11.3 Å². The summed E-state index contributed by atoms with van der Waals surface area (Å²) < 4.78 is 0. The highest BCUT2D eigenvalue weighted by atomic mass is 35.5. The summed E-state index contributed by atoms with van der Waals surface area (Å²) >= 11 is 7.72. The third kappa shape index (κ3) is 2.97. The molecule has 2 heterocycles. The Labute approximate surface area is 110 Å². The van der Waals surface area contributed by atoms with Crippen LogP contribution in [0.3, 0.4) is 0 Å². The Morgan fingerprint density at radius 1 is 1.41 bits per heavy atom. The first-order valence-corrected chi connectivity index (χ1v) is 6.55. The number of pyridine rings is 1. The second-order valence-electron chi connectivity index (χ2n) is 3.74. The molecule has 0 aliphatic rings. The van der Waals surface area contributed by atoms with Crippen molar-refractivity contribution in [3.63, 3.8) is 0 Å². The summed E-state index contributed by atoms with van der Waals surface area (Å²) in [6.45, 7) is 1.20. The normalized spacial score (nSPS) is 10.5. The number of rotatable bonds is 4. The Hall–Kier alpha value is -1.10. The van der Waals surface area contributed by atoms with E-state index in [0.717, 1.165) is 18.1 Å². The van der Waals surface area contributed by atoms with Gasteiger partial charge in [-0.3, -0.25) is 0 Å². The second kappa shape index (κ2) is 5.49. The topological polar surface area (TPSA) is 42.1 Å². The van der Waals surface area contributed by atoms with Crippen molar-refractivity contribution in [2.24, 2.45) is 5.73 Å². The van der Waals surface area contributed by atoms with Crippen molar-refractivity contribution in [1.82, 2.24) is 4.98 Å². The number of anilines is 1. The minimum atomic E-state index is 0.361. The van der Waals surface area contributed by atoms with E-state index in [2.05, 4.69) is 27.4 Å². The average Bonchev–Trinajstić information content (AvgIpc) is 2.82. The van der Waals surface area contributed by atoms with Crippen molar-refractivity contribution in [2.45, 2.75) is 13.1 Å². The van der Waals surface area contributed by atoms with Gasteiger partial charge in [0.15, 0.2) is 0 Å². The molecule has 0 fully saturated rings. The Kier molecular flexibility index (Phi) is 3.99. The van der Waals surface area contributed by atoms with Crippen LogP contribution >= 0.6 is 22.9 Å². The van der Waals surface area contributed by atoms with E-state index in [1.807, 2.05) is 19.2 Å². The Bertz CT molecular complexity index is 485. The number of aromatic nitrogens is 1. The molecule has 2 rings (SSSR count). The molecule has 0 saturated carbocycles. The zero-order valence-electron chi connectivity index (χ0n) is 9.56. The molecule has 17 heavy (non-hydrogen) atoms. The zero-order chi connectivity index (χ0) is 12.3. The van der Waals surface area contributed by atoms with E-state index in [9.17, 15) is 0 Å². The van der Waals surface area contributed by atoms with Gasteiger partial charge in [0.05, 0.1) is 17.3 Å². The van der Waals surface area contributed by atoms with Gasteiger partial charge < -0.3 is 10.6 Å². The molecule has 0 radical (unpaired) electrons. The minimum Gasteiger partial charge on any atom is -0.355 e. The first kappa shape index (κ1) is 12.4. The van der Waals surface area contributed by atoms with E-state index >= 15 is 0 Å². The fourth-order valence-corrected chi connectivity index (χ4v) is 2.49. The van der Waals surface area contributed by atoms with Crippen LogP contribution in [0.25, 0.3) is 0 Å². The molecule has 0 amide bonds. The molecular formula is C12H14ClN3S. The molecule has 0 aromatic carbocycles. The molecule has 0 aliphatic carbocycles. The Morgan fingerprint density at radius 3 is 2.88 bits per heavy atom. The van der Waals surface area contributed by atoms with Gasteiger partial charge in [-0.15, -0.1) is 11.3 Å². The van der Waals surface area contributed by atoms with Crippen LogP contribution in [0.2, 0.25) is 5.02 Å². The summed E-state index contributed by atoms with van der Waals surface area (Å²) in [5, 5.41) is 2.70. The predicted octanol–water partition coefficient (Wildman–Crippen LogP) is 2.89. The highest BCUT2D eigenvalue weighted by molar-refractivity contribution is 7.09. The van der Waals surface area contributed by atoms with Crippen LogP contribution in [0.15, 0.2) is 29.6 Å². The number of nitrogens with two attached hydrogens (primary N) is 1. The summed E-state index contributed by atoms with van der Waals surface area (Å²) in [5.41, 5.74) is 6.33. The van der Waals surface area contributed by atoms with Gasteiger partial charge in [0.1, 0.15) is 5.82 Å². The first-order chi connectivity index (χ1) is 8.20. The van der Waals surface area contributed by atoms with E-state index in [0.29, 0.717) is 11.6 Å². The highest BCUT2D eigenvalue weighted by Gasteiger charge is 2.07. The fraction of sp³-hybridized carbons (Fsp3) is 0.250. The van der Waals surface area contributed by atoms with Gasteiger partial charge in [-0.2, -0.15) is 0 Å². The lowest BCUT2D eigenvalue weighted by Crippen LogP contribution is -2.18. The van der Waals surface area contributed by atoms with Gasteiger partial charge in [0, 0.05) is 18.5 Å². The largest absolute Gasteiger partial charge is 0.355 e. The monoisotopic (exact) mass is 267 g/mol. The summed E-state index contributed by atoms with van der Waals surface area (Å²) in [6.07, 6.45) is 0. The van der Waals surface area contributed by atoms with Crippen LogP contribution in [0.4, 0.5) is 5.82 Å². The quantitative estimate of drug-likeness (QED) is 0.926. The van der Waals surface area contributed by atoms with E-state index in [4.69, 9.17) is 17.3 Å². The standard InChI is InChI=1S/C12H14ClN3S/c1-16(8-9-3-2-6-17-9)12-5-4-10(13)11(7-14)15-12/h2-6H,7-8,14H2,1H3. The predicted molar refractivity (Wildman–Crippen MR) is 73.6 cm³/mol. The van der Waals surface area contributed by atoms with E-state index in [-0.39, 0.29) is 0 Å². The first-order valence-electron chi connectivity index (χ1n) is 5.29. The number of thiophene rings is 1. The van der Waals surface area contributed by atoms with Crippen LogP contribution < -0.4 is 10.6 Å². The van der Waals surface area contributed by atoms with Crippen molar-refractivity contribution >= 4 is 28.8 Å². The van der Waals surface area contributed by atoms with Crippen molar-refractivity contribution < 1.29 is 0 Å². The molecule has 3 nitrogen and oxygen atoms in total. The van der Waals surface area contributed by atoms with Crippen LogP contribution in [0, 0.1) is 0 Å². The fourth-order valence-electron chi connectivity index (χ4n) is 1.55. The molecule has 2 N–H and O–H groups in total. The summed E-state index contributed by atoms with van der Waals surface area (Å²) in [7, 11) is 2.01. The molecule has 0 aliphatic heterocycles. The Morgan fingerprint density at radius 2 is 2.24 bits per heavy atom. The van der Waals surface area contributed by atoms with Gasteiger partial charge in [0.25, 0.3) is 0 Å². The molecular weight excluding hydrogens is 254 g/mol. The third-order valence-corrected chi connectivity index (χ3v) is 3.67. The summed E-state index contributed by atoms with van der Waals surface area (Å²) in [5.74, 6) is 0.892. The Balaban J connectivity index is 2.16. The van der Waals surface area contributed by atoms with E-state index in [1.165, 1.54) is 4.88 Å². The van der Waals surface area contributed by atoms with Gasteiger partial charge in [-0.25, -0.2) is 4.98 Å². The lowest BCUT2D eigenvalue weighted by Gasteiger charge is -2.18. The molecule has 5 heteroatoms. The van der Waals surface area contributed by atoms with Crippen molar-refractivity contribution in [3.8, 4) is 0 Å². The molecule has 2 aromatic heterocycles. The minimum absolute atomic E-state index is 0.361. The molecule has 0 atom stereocenters. The number of hydrogen-bond acceptors (Lipinski definition) is 4. The lowest BCUT2D eigenvalue weighted by molar-refractivity contribution is 0.889. The average molecular weight is 268 g/mol. The van der Waals surface area contributed by atoms with Crippen LogP contribution in [0.5, 0.6) is 0 Å². The second-order valence-corrected chi connectivity index (χ2v) is 5.18. The molecule has 0 spiro atoms. The highest BCUT2D eigenvalue weighted by Crippen LogP contribution is 2.20. The number of nitrogens with zero attached hydrogens (tertiary/aromatic N) is 2. The third-order valence-electron chi connectivity index (χ3n) is 2.46. The smallest absolute Gasteiger partial charge is 0.129 e. The van der Waals surface area contributed by atoms with Gasteiger partial charge in [0.2, 0.25) is 0 Å². The molecule has 0 bridgehead atoms. The van der Waals surface area contributed by atoms with Crippen LogP contribution in [-0.2, 0) is 13.1 Å². The maximum atomic E-state index is 5.98. The molecule has 0 unspecified atom stereocenters. The van der Waals surface area contributed by atoms with Gasteiger partial charge in [-0.05, 0) is 23.6 Å². The SMILES string of the molecule is CN(Cc1cccs1)c1ccc(Cl)c(CN)n1. The molecule has 90 valence electrons. The van der Waals surface area contributed by atoms with Gasteiger partial charge >= 0.3 is 0 Å². The zero-order valence-corrected chi connectivity index (χ0v) is 11.1. The van der Waals surface area contributed by atoms with E-state index < -0.39 is 0 Å². The number of halogens is 1. The maximum absolute atomic E-state index is 5.98. The van der Waals surface area contributed by atoms with Crippen LogP contribution in [-0.4, -0.2) is 12.0 Å². The van der Waals surface area contributed by atoms with Crippen LogP contribution in [0.1, 0.15) is 10.6 Å². The van der Waals surface area contributed by atoms with Crippen molar-refractivity contribution in [3.05, 3.63) is 45.2 Å². The summed E-state index contributed by atoms with van der Waals surface area (Å²) in [4.78, 5) is 7.83. The molecule has 2 aromatic rings. The summed E-state index contributed by atoms with van der Waals surface area (Å²) in [6, 6.07) is 7.92. The molecule has 0 saturated heterocycles. The van der Waals surface area contributed by atoms with Crippen molar-refractivity contribution in [1.29, 1.82) is 0 Å². The maximum Gasteiger partial charge on any atom is 0.129 e. The number of hydrogen-bond donors (Lipinski definition) is 1. The van der Waals surface area contributed by atoms with Crippen molar-refractivity contribution in [2.75, 3.05) is 11.9 Å².